The van der Waals surface area contributed by atoms with Crippen molar-refractivity contribution >= 4 is 0 Å². The summed E-state index contributed by atoms with van der Waals surface area (Å²) in [5, 5.41) is 82.3. The van der Waals surface area contributed by atoms with Gasteiger partial charge in [-0.1, -0.05) is 0 Å². The van der Waals surface area contributed by atoms with Crippen molar-refractivity contribution in [3.8, 4) is 0 Å². The van der Waals surface area contributed by atoms with Crippen LogP contribution in [-0.2, 0) is 28.4 Å². The van der Waals surface area contributed by atoms with Gasteiger partial charge in [-0.3, -0.25) is 0 Å². The number of aliphatic hydroxyl groups is 8. The zero-order chi connectivity index (χ0) is 31.0. The van der Waals surface area contributed by atoms with Gasteiger partial charge in [-0.05, 0) is 6.42 Å². The van der Waals surface area contributed by atoms with E-state index in [1.807, 2.05) is 0 Å². The standard InChI is InChI=1S/C23H45N5O14/c24-2-7-13(32)15(34)10(27)21(37-7)41-19-9(4-30)39-23(17(19)36)42-20-12(31)5(25)1-6(26)18(20)40-22-11(28)16(35)14(33)8(3-29)38-22/h5-23,29-36H,1-4,24-28H2/t5-,6+,7+,8-,9-,10-,11-,12+,13-,14-,15-,16-,17-,18-,19-,20-,21-,22?,23+/m1/s1. The van der Waals surface area contributed by atoms with E-state index in [-0.39, 0.29) is 13.0 Å². The van der Waals surface area contributed by atoms with Crippen LogP contribution in [0.2, 0.25) is 0 Å². The Morgan fingerprint density at radius 1 is 0.524 bits per heavy atom. The second-order valence-electron chi connectivity index (χ2n) is 11.2. The van der Waals surface area contributed by atoms with Crippen LogP contribution in [0.15, 0.2) is 0 Å². The molecule has 3 saturated heterocycles. The number of aliphatic hydroxyl groups excluding tert-OH is 8. The van der Waals surface area contributed by atoms with Crippen molar-refractivity contribution in [2.75, 3.05) is 19.8 Å². The van der Waals surface area contributed by atoms with E-state index in [4.69, 9.17) is 57.1 Å². The quantitative estimate of drug-likeness (QED) is 0.114. The van der Waals surface area contributed by atoms with Crippen LogP contribution in [-0.4, -0.2) is 177 Å². The molecule has 3 heterocycles. The van der Waals surface area contributed by atoms with E-state index in [9.17, 15) is 40.9 Å². The Hall–Kier alpha value is -0.760. The van der Waals surface area contributed by atoms with Crippen LogP contribution >= 0.6 is 0 Å². The molecule has 18 N–H and O–H groups in total. The SMILES string of the molecule is NC[C@@H]1O[C@H](O[C@H]2[C@@H](O)[C@H](O[C@@H]3[C@@H](O)[C@H](N)C[C@H](N)[C@H]3OC3O[C@H](CO)[C@@H](O)[C@H](O)[C@H]3N)O[C@@H]2CO)[C@H](N)[C@@H](O)[C@@H]1O. The van der Waals surface area contributed by atoms with Crippen molar-refractivity contribution in [1.82, 2.24) is 0 Å². The first-order valence-electron chi connectivity index (χ1n) is 13.8. The van der Waals surface area contributed by atoms with Crippen LogP contribution in [0, 0.1) is 0 Å². The minimum Gasteiger partial charge on any atom is -0.394 e. The number of hydrogen-bond acceptors (Lipinski definition) is 19. The van der Waals surface area contributed by atoms with Crippen molar-refractivity contribution in [2.24, 2.45) is 28.7 Å². The topological polar surface area (TPSA) is 347 Å². The van der Waals surface area contributed by atoms with Crippen LogP contribution in [0.5, 0.6) is 0 Å². The third-order valence-electron chi connectivity index (χ3n) is 8.32. The number of rotatable bonds is 9. The summed E-state index contributed by atoms with van der Waals surface area (Å²) in [7, 11) is 0. The highest BCUT2D eigenvalue weighted by molar-refractivity contribution is 5.02. The highest BCUT2D eigenvalue weighted by atomic mass is 16.8. The van der Waals surface area contributed by atoms with Crippen LogP contribution in [0.4, 0.5) is 0 Å². The molecule has 19 heteroatoms. The predicted molar refractivity (Wildman–Crippen MR) is 136 cm³/mol. The van der Waals surface area contributed by atoms with Gasteiger partial charge in [0.1, 0.15) is 67.1 Å². The largest absolute Gasteiger partial charge is 0.394 e. The van der Waals surface area contributed by atoms with E-state index in [2.05, 4.69) is 0 Å². The van der Waals surface area contributed by atoms with Crippen LogP contribution in [0.1, 0.15) is 6.42 Å². The summed E-state index contributed by atoms with van der Waals surface area (Å²) < 4.78 is 34.4. The van der Waals surface area contributed by atoms with E-state index in [0.717, 1.165) is 0 Å². The molecular weight excluding hydrogens is 570 g/mol. The van der Waals surface area contributed by atoms with Gasteiger partial charge in [0.05, 0.1) is 31.4 Å². The summed E-state index contributed by atoms with van der Waals surface area (Å²) >= 11 is 0. The summed E-state index contributed by atoms with van der Waals surface area (Å²) in [6, 6.07) is -4.30. The first-order chi connectivity index (χ1) is 19.8. The average molecular weight is 616 g/mol. The number of nitrogens with two attached hydrogens (primary N) is 5. The molecule has 19 atom stereocenters. The molecule has 19 nitrogen and oxygen atoms in total. The lowest BCUT2D eigenvalue weighted by molar-refractivity contribution is -0.310. The van der Waals surface area contributed by atoms with Crippen molar-refractivity contribution < 1.29 is 69.3 Å². The summed E-state index contributed by atoms with van der Waals surface area (Å²) in [5.74, 6) is 0. The van der Waals surface area contributed by atoms with E-state index in [1.165, 1.54) is 0 Å². The van der Waals surface area contributed by atoms with Crippen LogP contribution in [0.25, 0.3) is 0 Å². The summed E-state index contributed by atoms with van der Waals surface area (Å²) in [5.41, 5.74) is 29.9. The third kappa shape index (κ3) is 6.60. The lowest BCUT2D eigenvalue weighted by atomic mass is 9.84. The molecular formula is C23H45N5O14. The lowest BCUT2D eigenvalue weighted by Crippen LogP contribution is -2.68. The fourth-order valence-corrected chi connectivity index (χ4v) is 5.70. The first kappa shape index (κ1) is 34.1. The van der Waals surface area contributed by atoms with Crippen LogP contribution in [0.3, 0.4) is 0 Å². The molecule has 4 rings (SSSR count). The van der Waals surface area contributed by atoms with Crippen molar-refractivity contribution in [3.05, 3.63) is 0 Å². The summed E-state index contributed by atoms with van der Waals surface area (Å²) in [6.45, 7) is -1.49. The molecule has 1 unspecified atom stereocenters. The third-order valence-corrected chi connectivity index (χ3v) is 8.32. The van der Waals surface area contributed by atoms with Gasteiger partial charge >= 0.3 is 0 Å². The minimum atomic E-state index is -1.62. The molecule has 0 radical (unpaired) electrons. The van der Waals surface area contributed by atoms with Gasteiger partial charge in [0.15, 0.2) is 18.9 Å². The Morgan fingerprint density at radius 2 is 1.00 bits per heavy atom. The highest BCUT2D eigenvalue weighted by Crippen LogP contribution is 2.34. The van der Waals surface area contributed by atoms with E-state index >= 15 is 0 Å². The monoisotopic (exact) mass is 615 g/mol. The Morgan fingerprint density at radius 3 is 1.55 bits per heavy atom. The van der Waals surface area contributed by atoms with Crippen LogP contribution < -0.4 is 28.7 Å². The van der Waals surface area contributed by atoms with Gasteiger partial charge in [-0.25, -0.2) is 0 Å². The first-order valence-corrected chi connectivity index (χ1v) is 13.8. The fraction of sp³-hybridized carbons (Fsp3) is 1.00. The van der Waals surface area contributed by atoms with E-state index in [1.54, 1.807) is 0 Å². The number of hydrogen-bond donors (Lipinski definition) is 13. The zero-order valence-electron chi connectivity index (χ0n) is 22.7. The molecule has 0 spiro atoms. The molecule has 246 valence electrons. The molecule has 0 aromatic heterocycles. The molecule has 4 fully saturated rings. The Kier molecular flexibility index (Phi) is 11.5. The van der Waals surface area contributed by atoms with Crippen molar-refractivity contribution in [3.63, 3.8) is 0 Å². The van der Waals surface area contributed by atoms with Gasteiger partial charge in [-0.2, -0.15) is 0 Å². The normalized spacial score (nSPS) is 53.8. The molecule has 42 heavy (non-hydrogen) atoms. The molecule has 0 aromatic rings. The molecule has 0 aromatic carbocycles. The molecule has 0 bridgehead atoms. The molecule has 4 aliphatic rings. The van der Waals surface area contributed by atoms with Gasteiger partial charge in [-0.15, -0.1) is 0 Å². The Balaban J connectivity index is 1.50. The maximum atomic E-state index is 11.1. The molecule has 3 aliphatic heterocycles. The average Bonchev–Trinajstić information content (AvgIpc) is 3.27. The maximum absolute atomic E-state index is 11.1. The Bertz CT molecular complexity index is 866. The Labute approximate surface area is 240 Å². The number of ether oxygens (including phenoxy) is 6. The summed E-state index contributed by atoms with van der Waals surface area (Å²) in [4.78, 5) is 0. The van der Waals surface area contributed by atoms with Gasteiger partial charge in [0, 0.05) is 18.6 Å². The predicted octanol–water partition coefficient (Wildman–Crippen LogP) is -8.86. The zero-order valence-corrected chi connectivity index (χ0v) is 22.7. The van der Waals surface area contributed by atoms with Gasteiger partial charge in [0.2, 0.25) is 0 Å². The summed E-state index contributed by atoms with van der Waals surface area (Å²) in [6.07, 6.45) is -20.5. The van der Waals surface area contributed by atoms with E-state index in [0.29, 0.717) is 0 Å². The maximum Gasteiger partial charge on any atom is 0.187 e. The second kappa shape index (κ2) is 14.1. The van der Waals surface area contributed by atoms with Gasteiger partial charge in [0.25, 0.3) is 0 Å². The molecule has 1 saturated carbocycles. The highest BCUT2D eigenvalue weighted by Gasteiger charge is 2.54. The van der Waals surface area contributed by atoms with E-state index < -0.39 is 129 Å². The molecule has 1 aliphatic carbocycles. The van der Waals surface area contributed by atoms with Crippen molar-refractivity contribution in [2.45, 2.75) is 123 Å². The van der Waals surface area contributed by atoms with Crippen molar-refractivity contribution in [1.29, 1.82) is 0 Å². The fourth-order valence-electron chi connectivity index (χ4n) is 5.70. The second-order valence-corrected chi connectivity index (χ2v) is 11.2. The lowest BCUT2D eigenvalue weighted by Gasteiger charge is -2.47. The smallest absolute Gasteiger partial charge is 0.187 e. The minimum absolute atomic E-state index is 0.0642. The molecule has 0 amide bonds. The van der Waals surface area contributed by atoms with Gasteiger partial charge < -0.3 is 97.9 Å².